The molecule has 0 aliphatic carbocycles. The highest BCUT2D eigenvalue weighted by Crippen LogP contribution is 2.09. The van der Waals surface area contributed by atoms with Crippen molar-refractivity contribution in [2.45, 2.75) is 33.4 Å². The Bertz CT molecular complexity index is 510. The van der Waals surface area contributed by atoms with Crippen LogP contribution in [0.4, 0.5) is 0 Å². The average Bonchev–Trinajstić information content (AvgIpc) is 2.95. The molecule has 4 heteroatoms. The molecule has 0 saturated heterocycles. The van der Waals surface area contributed by atoms with Crippen molar-refractivity contribution in [1.29, 1.82) is 0 Å². The van der Waals surface area contributed by atoms with E-state index in [1.807, 2.05) is 27.7 Å². The number of nitrogens with zero attached hydrogens (tertiary/aromatic N) is 3. The van der Waals surface area contributed by atoms with Gasteiger partial charge in [0.15, 0.2) is 6.29 Å². The summed E-state index contributed by atoms with van der Waals surface area (Å²) in [6.07, 6.45) is 5.59. The first-order valence-electron chi connectivity index (χ1n) is 5.93. The maximum absolute atomic E-state index is 10.6. The molecule has 2 aromatic heterocycles. The Kier molecular flexibility index (Phi) is 3.42. The minimum atomic E-state index is 0.711. The van der Waals surface area contributed by atoms with Gasteiger partial charge in [0.1, 0.15) is 0 Å². The van der Waals surface area contributed by atoms with Crippen molar-refractivity contribution in [1.82, 2.24) is 14.3 Å². The Morgan fingerprint density at radius 1 is 1.41 bits per heavy atom. The zero-order valence-electron chi connectivity index (χ0n) is 10.3. The average molecular weight is 231 g/mol. The highest BCUT2D eigenvalue weighted by Gasteiger charge is 2.06. The van der Waals surface area contributed by atoms with E-state index in [-0.39, 0.29) is 0 Å². The number of hydrogen-bond acceptors (Lipinski definition) is 2. The topological polar surface area (TPSA) is 39.8 Å². The summed E-state index contributed by atoms with van der Waals surface area (Å²) >= 11 is 0. The van der Waals surface area contributed by atoms with Gasteiger partial charge in [-0.3, -0.25) is 9.48 Å². The molecule has 0 amide bonds. The van der Waals surface area contributed by atoms with Gasteiger partial charge in [0.2, 0.25) is 0 Å². The standard InChI is InChI=1S/C13H17N3O/c1-3-12-7-13(16(4-2)14-12)9-15-6-5-11(8-15)10-17/h5-8,10H,3-4,9H2,1-2H3. The van der Waals surface area contributed by atoms with E-state index < -0.39 is 0 Å². The van der Waals surface area contributed by atoms with Crippen LogP contribution in [0, 0.1) is 0 Å². The second-order valence-corrected chi connectivity index (χ2v) is 4.03. The summed E-state index contributed by atoms with van der Waals surface area (Å²) in [7, 11) is 0. The second kappa shape index (κ2) is 4.99. The van der Waals surface area contributed by atoms with Crippen LogP contribution in [0.3, 0.4) is 0 Å². The van der Waals surface area contributed by atoms with Gasteiger partial charge in [0, 0.05) is 24.5 Å². The maximum atomic E-state index is 10.6. The number of aromatic nitrogens is 3. The van der Waals surface area contributed by atoms with Crippen molar-refractivity contribution >= 4 is 6.29 Å². The number of hydrogen-bond donors (Lipinski definition) is 0. The Hall–Kier alpha value is -1.84. The van der Waals surface area contributed by atoms with Crippen LogP contribution in [0.2, 0.25) is 0 Å². The molecule has 0 unspecified atom stereocenters. The number of aldehydes is 1. The van der Waals surface area contributed by atoms with E-state index in [1.54, 1.807) is 0 Å². The van der Waals surface area contributed by atoms with Gasteiger partial charge in [-0.2, -0.15) is 5.10 Å². The molecular weight excluding hydrogens is 214 g/mol. The largest absolute Gasteiger partial charge is 0.348 e. The summed E-state index contributed by atoms with van der Waals surface area (Å²) in [5, 5.41) is 4.50. The van der Waals surface area contributed by atoms with Gasteiger partial charge in [0.05, 0.1) is 17.9 Å². The van der Waals surface area contributed by atoms with Gasteiger partial charge in [-0.05, 0) is 25.5 Å². The first-order valence-corrected chi connectivity index (χ1v) is 5.93. The molecule has 4 nitrogen and oxygen atoms in total. The third kappa shape index (κ3) is 2.46. The van der Waals surface area contributed by atoms with Gasteiger partial charge in [-0.1, -0.05) is 6.92 Å². The van der Waals surface area contributed by atoms with E-state index in [1.165, 1.54) is 5.69 Å². The van der Waals surface area contributed by atoms with Crippen LogP contribution in [0.15, 0.2) is 24.5 Å². The summed E-state index contributed by atoms with van der Waals surface area (Å²) in [5.74, 6) is 0. The van der Waals surface area contributed by atoms with Crippen LogP contribution in [-0.4, -0.2) is 20.6 Å². The van der Waals surface area contributed by atoms with E-state index in [0.717, 1.165) is 31.5 Å². The number of aryl methyl sites for hydroxylation is 2. The number of carbonyl (C=O) groups excluding carboxylic acids is 1. The predicted molar refractivity (Wildman–Crippen MR) is 66.2 cm³/mol. The van der Waals surface area contributed by atoms with Gasteiger partial charge in [-0.25, -0.2) is 0 Å². The van der Waals surface area contributed by atoms with Crippen molar-refractivity contribution < 1.29 is 4.79 Å². The Labute approximate surface area is 101 Å². The van der Waals surface area contributed by atoms with Gasteiger partial charge >= 0.3 is 0 Å². The molecule has 2 rings (SSSR count). The lowest BCUT2D eigenvalue weighted by Crippen LogP contribution is -2.06. The van der Waals surface area contributed by atoms with Crippen LogP contribution < -0.4 is 0 Å². The first kappa shape index (κ1) is 11.6. The zero-order valence-corrected chi connectivity index (χ0v) is 10.3. The number of carbonyl (C=O) groups is 1. The third-order valence-corrected chi connectivity index (χ3v) is 2.83. The second-order valence-electron chi connectivity index (χ2n) is 4.03. The molecule has 0 aromatic carbocycles. The SMILES string of the molecule is CCc1cc(Cn2ccc(C=O)c2)n(CC)n1. The summed E-state index contributed by atoms with van der Waals surface area (Å²) < 4.78 is 4.02. The summed E-state index contributed by atoms with van der Waals surface area (Å²) in [6, 6.07) is 3.95. The fraction of sp³-hybridized carbons (Fsp3) is 0.385. The molecule has 0 atom stereocenters. The lowest BCUT2D eigenvalue weighted by molar-refractivity contribution is 0.112. The zero-order chi connectivity index (χ0) is 12.3. The van der Waals surface area contributed by atoms with Crippen LogP contribution in [-0.2, 0) is 19.5 Å². The van der Waals surface area contributed by atoms with Crippen molar-refractivity contribution in [3.8, 4) is 0 Å². The van der Waals surface area contributed by atoms with Gasteiger partial charge in [0.25, 0.3) is 0 Å². The predicted octanol–water partition coefficient (Wildman–Crippen LogP) is 2.13. The normalized spacial score (nSPS) is 10.7. The molecule has 90 valence electrons. The Morgan fingerprint density at radius 2 is 2.24 bits per heavy atom. The summed E-state index contributed by atoms with van der Waals surface area (Å²) in [5.41, 5.74) is 3.00. The summed E-state index contributed by atoms with van der Waals surface area (Å²) in [6.45, 7) is 5.82. The minimum Gasteiger partial charge on any atom is -0.348 e. The van der Waals surface area contributed by atoms with E-state index in [9.17, 15) is 4.79 Å². The molecular formula is C13H17N3O. The monoisotopic (exact) mass is 231 g/mol. The van der Waals surface area contributed by atoms with Gasteiger partial charge < -0.3 is 4.57 Å². The molecule has 17 heavy (non-hydrogen) atoms. The van der Waals surface area contributed by atoms with Crippen molar-refractivity contribution in [3.05, 3.63) is 41.5 Å². The molecule has 0 radical (unpaired) electrons. The van der Waals surface area contributed by atoms with E-state index >= 15 is 0 Å². The molecule has 0 spiro atoms. The first-order chi connectivity index (χ1) is 8.26. The highest BCUT2D eigenvalue weighted by molar-refractivity contribution is 5.74. The Balaban J connectivity index is 2.22. The molecule has 0 fully saturated rings. The molecule has 0 N–H and O–H groups in total. The molecule has 0 aliphatic heterocycles. The van der Waals surface area contributed by atoms with E-state index in [2.05, 4.69) is 25.0 Å². The number of rotatable bonds is 5. The van der Waals surface area contributed by atoms with E-state index in [0.29, 0.717) is 5.56 Å². The van der Waals surface area contributed by atoms with Crippen molar-refractivity contribution in [2.75, 3.05) is 0 Å². The summed E-state index contributed by atoms with van der Waals surface area (Å²) in [4.78, 5) is 10.6. The third-order valence-electron chi connectivity index (χ3n) is 2.83. The quantitative estimate of drug-likeness (QED) is 0.739. The van der Waals surface area contributed by atoms with Crippen molar-refractivity contribution in [2.24, 2.45) is 0 Å². The van der Waals surface area contributed by atoms with Crippen LogP contribution in [0.1, 0.15) is 35.6 Å². The smallest absolute Gasteiger partial charge is 0.151 e. The molecule has 2 heterocycles. The molecule has 0 saturated carbocycles. The fourth-order valence-electron chi connectivity index (χ4n) is 1.90. The van der Waals surface area contributed by atoms with Crippen LogP contribution in [0.5, 0.6) is 0 Å². The maximum Gasteiger partial charge on any atom is 0.151 e. The fourth-order valence-corrected chi connectivity index (χ4v) is 1.90. The van der Waals surface area contributed by atoms with Crippen LogP contribution in [0.25, 0.3) is 0 Å². The van der Waals surface area contributed by atoms with Crippen molar-refractivity contribution in [3.63, 3.8) is 0 Å². The minimum absolute atomic E-state index is 0.711. The van der Waals surface area contributed by atoms with E-state index in [4.69, 9.17) is 0 Å². The van der Waals surface area contributed by atoms with Crippen LogP contribution >= 0.6 is 0 Å². The lowest BCUT2D eigenvalue weighted by atomic mass is 10.3. The molecule has 0 bridgehead atoms. The van der Waals surface area contributed by atoms with Gasteiger partial charge in [-0.15, -0.1) is 0 Å². The lowest BCUT2D eigenvalue weighted by Gasteiger charge is -2.05. The Morgan fingerprint density at radius 3 is 2.82 bits per heavy atom. The molecule has 2 aromatic rings. The highest BCUT2D eigenvalue weighted by atomic mass is 16.1. The molecule has 0 aliphatic rings.